The highest BCUT2D eigenvalue weighted by Crippen LogP contribution is 2.36. The van der Waals surface area contributed by atoms with Crippen molar-refractivity contribution in [1.29, 1.82) is 0 Å². The van der Waals surface area contributed by atoms with E-state index in [1.54, 1.807) is 51.2 Å². The summed E-state index contributed by atoms with van der Waals surface area (Å²) in [4.78, 5) is 50.0. The summed E-state index contributed by atoms with van der Waals surface area (Å²) < 4.78 is 72.7. The Morgan fingerprint density at radius 2 is 1.70 bits per heavy atom. The number of nitrogens with one attached hydrogen (secondary N) is 3. The van der Waals surface area contributed by atoms with Gasteiger partial charge in [0.25, 0.3) is 21.6 Å². The number of carbonyl (C=O) groups is 2. The number of nitro benzene ring substituents is 1. The molecule has 0 atom stereocenters. The zero-order chi connectivity index (χ0) is 49.8. The van der Waals surface area contributed by atoms with Crippen LogP contribution in [-0.2, 0) is 14.8 Å². The molecule has 20 heteroatoms. The standard InChI is InChI=1S/C49H57ClF2N8O8S/c1-31(2)23-40(33-7-9-35(50)10-8-33)32(3)29-57-19-21-58(22-20-57)36-11-12-39(43(25-36)67-37-24-34-13-16-53-45(34)54-28-37)46(61)56-69(65,66)38-26-41(51)44(42(27-38)60(63)64)55-30-49(52)14-17-59(18-15-49)47(62)68-48(4,5)6/h7-13,16,24-28,31,55H,14-15,17-23,29-30H2,1-6H3,(H,53,54)(H,56,61). The van der Waals surface area contributed by atoms with Gasteiger partial charge in [0.2, 0.25) is 0 Å². The number of hydrogen-bond acceptors (Lipinski definition) is 12. The lowest BCUT2D eigenvalue weighted by molar-refractivity contribution is -0.384. The first-order valence-corrected chi connectivity index (χ1v) is 24.6. The van der Waals surface area contributed by atoms with E-state index in [1.807, 2.05) is 16.9 Å². The molecule has 2 fully saturated rings. The number of aromatic amines is 1. The van der Waals surface area contributed by atoms with E-state index < -0.39 is 66.8 Å². The Morgan fingerprint density at radius 3 is 2.35 bits per heavy atom. The number of alkyl halides is 1. The van der Waals surface area contributed by atoms with Gasteiger partial charge in [0.1, 0.15) is 34.1 Å². The highest BCUT2D eigenvalue weighted by Gasteiger charge is 2.38. The zero-order valence-electron chi connectivity index (χ0n) is 39.4. The summed E-state index contributed by atoms with van der Waals surface area (Å²) in [6.45, 7) is 14.6. The maximum absolute atomic E-state index is 15.9. The fourth-order valence-electron chi connectivity index (χ4n) is 8.39. The van der Waals surface area contributed by atoms with E-state index in [1.165, 1.54) is 28.3 Å². The summed E-state index contributed by atoms with van der Waals surface area (Å²) in [7, 11) is -4.96. The van der Waals surface area contributed by atoms with Crippen molar-refractivity contribution >= 4 is 67.3 Å². The molecule has 0 bridgehead atoms. The average Bonchev–Trinajstić information content (AvgIpc) is 3.76. The van der Waals surface area contributed by atoms with Crippen molar-refractivity contribution in [3.05, 3.63) is 117 Å². The minimum absolute atomic E-state index is 0.00632. The highest BCUT2D eigenvalue weighted by molar-refractivity contribution is 7.90. The maximum Gasteiger partial charge on any atom is 0.410 e. The zero-order valence-corrected chi connectivity index (χ0v) is 41.0. The molecule has 2 saturated heterocycles. The Morgan fingerprint density at radius 1 is 1.00 bits per heavy atom. The maximum atomic E-state index is 15.9. The van der Waals surface area contributed by atoms with E-state index in [-0.39, 0.29) is 43.0 Å². The average molecular weight is 992 g/mol. The number of anilines is 2. The Labute approximate surface area is 405 Å². The van der Waals surface area contributed by atoms with E-state index in [4.69, 9.17) is 21.1 Å². The number of hydrogen-bond donors (Lipinski definition) is 3. The number of nitro groups is 1. The van der Waals surface area contributed by atoms with Gasteiger partial charge in [-0.05, 0) is 93.6 Å². The normalized spacial score (nSPS) is 16.0. The lowest BCUT2D eigenvalue weighted by Crippen LogP contribution is -2.48. The molecule has 2 aliphatic heterocycles. The number of aromatic nitrogens is 2. The molecule has 0 radical (unpaired) electrons. The number of amides is 2. The summed E-state index contributed by atoms with van der Waals surface area (Å²) in [5, 5.41) is 16.1. The van der Waals surface area contributed by atoms with Crippen LogP contribution in [0.15, 0.2) is 89.6 Å². The van der Waals surface area contributed by atoms with Crippen LogP contribution < -0.4 is 19.7 Å². The van der Waals surface area contributed by atoms with Gasteiger partial charge in [0, 0.05) is 99.6 Å². The van der Waals surface area contributed by atoms with Crippen LogP contribution in [0.25, 0.3) is 16.6 Å². The van der Waals surface area contributed by atoms with Crippen LogP contribution in [0.2, 0.25) is 5.02 Å². The van der Waals surface area contributed by atoms with Crippen molar-refractivity contribution in [2.45, 2.75) is 77.0 Å². The second-order valence-corrected chi connectivity index (χ2v) is 21.1. The van der Waals surface area contributed by atoms with Crippen molar-refractivity contribution in [2.75, 3.05) is 62.6 Å². The third kappa shape index (κ3) is 12.7. The van der Waals surface area contributed by atoms with Crippen LogP contribution in [0, 0.1) is 21.8 Å². The number of piperazine rings is 1. The summed E-state index contributed by atoms with van der Waals surface area (Å²) >= 11 is 6.20. The number of benzene rings is 3. The largest absolute Gasteiger partial charge is 0.455 e. The molecule has 7 rings (SSSR count). The van der Waals surface area contributed by atoms with Crippen LogP contribution in [0.3, 0.4) is 0 Å². The monoisotopic (exact) mass is 990 g/mol. The summed E-state index contributed by atoms with van der Waals surface area (Å²) in [6, 6.07) is 17.3. The summed E-state index contributed by atoms with van der Waals surface area (Å²) in [5.74, 6) is -1.81. The molecule has 368 valence electrons. The van der Waals surface area contributed by atoms with Gasteiger partial charge in [-0.2, -0.15) is 0 Å². The topological polar surface area (TPSA) is 192 Å². The molecule has 0 spiro atoms. The number of pyridine rings is 1. The first-order chi connectivity index (χ1) is 32.6. The molecular formula is C49H57ClF2N8O8S. The molecule has 3 aromatic carbocycles. The molecule has 0 saturated carbocycles. The van der Waals surface area contributed by atoms with Gasteiger partial charge < -0.3 is 29.6 Å². The Balaban J connectivity index is 1.07. The van der Waals surface area contributed by atoms with Gasteiger partial charge in [-0.25, -0.2) is 31.7 Å². The smallest absolute Gasteiger partial charge is 0.410 e. The third-order valence-electron chi connectivity index (χ3n) is 12.0. The molecule has 69 heavy (non-hydrogen) atoms. The van der Waals surface area contributed by atoms with Crippen molar-refractivity contribution in [3.63, 3.8) is 0 Å². The fourth-order valence-corrected chi connectivity index (χ4v) is 9.52. The summed E-state index contributed by atoms with van der Waals surface area (Å²) in [6.07, 6.45) is 3.13. The minimum Gasteiger partial charge on any atom is -0.455 e. The van der Waals surface area contributed by atoms with Gasteiger partial charge >= 0.3 is 6.09 Å². The minimum atomic E-state index is -4.96. The number of rotatable bonds is 15. The molecule has 16 nitrogen and oxygen atoms in total. The molecule has 2 aromatic heterocycles. The predicted octanol–water partition coefficient (Wildman–Crippen LogP) is 9.97. The molecule has 5 aromatic rings. The number of H-pyrrole nitrogens is 1. The summed E-state index contributed by atoms with van der Waals surface area (Å²) in [5.41, 5.74) is 0.349. The predicted molar refractivity (Wildman–Crippen MR) is 262 cm³/mol. The number of allylic oxidation sites excluding steroid dienone is 1. The van der Waals surface area contributed by atoms with Gasteiger partial charge in [0.05, 0.1) is 21.6 Å². The molecular weight excluding hydrogens is 934 g/mol. The molecule has 0 unspecified atom stereocenters. The lowest BCUT2D eigenvalue weighted by atomic mass is 9.92. The number of nitrogens with zero attached hydrogens (tertiary/aromatic N) is 5. The van der Waals surface area contributed by atoms with Crippen LogP contribution >= 0.6 is 11.6 Å². The quantitative estimate of drug-likeness (QED) is 0.0665. The van der Waals surface area contributed by atoms with Crippen molar-refractivity contribution < 1.29 is 41.2 Å². The van der Waals surface area contributed by atoms with E-state index in [2.05, 4.69) is 58.0 Å². The van der Waals surface area contributed by atoms with E-state index >= 15 is 8.78 Å². The lowest BCUT2D eigenvalue weighted by Gasteiger charge is -2.37. The van der Waals surface area contributed by atoms with Crippen molar-refractivity contribution in [1.82, 2.24) is 24.5 Å². The SMILES string of the molecule is CC(CN1CCN(c2ccc(C(=O)NS(=O)(=O)c3cc(F)c(NCC4(F)CCN(C(=O)OC(C)(C)C)CC4)c([N+](=O)[O-])c3)c(Oc3cnc4[nH]ccc4c3)c2)CC1)=C(CC(C)C)c1ccc(Cl)cc1. The molecule has 3 N–H and O–H groups in total. The molecule has 2 amide bonds. The number of piperidine rings is 1. The second-order valence-electron chi connectivity index (χ2n) is 19.0. The number of fused-ring (bicyclic) bond motifs is 1. The third-order valence-corrected chi connectivity index (χ3v) is 13.6. The first-order valence-electron chi connectivity index (χ1n) is 22.7. The number of ether oxygens (including phenoxy) is 2. The van der Waals surface area contributed by atoms with Crippen molar-refractivity contribution in [2.24, 2.45) is 5.92 Å². The van der Waals surface area contributed by atoms with Gasteiger partial charge in [-0.15, -0.1) is 0 Å². The highest BCUT2D eigenvalue weighted by atomic mass is 35.5. The van der Waals surface area contributed by atoms with Crippen LogP contribution in [0.1, 0.15) is 76.7 Å². The first kappa shape index (κ1) is 50.6. The molecule has 0 aliphatic carbocycles. The number of sulfonamides is 1. The van der Waals surface area contributed by atoms with E-state index in [9.17, 15) is 28.1 Å². The van der Waals surface area contributed by atoms with E-state index in [0.29, 0.717) is 47.5 Å². The Kier molecular flexibility index (Phi) is 15.2. The fraction of sp³-hybridized carbons (Fsp3) is 0.408. The van der Waals surface area contributed by atoms with Gasteiger partial charge in [-0.1, -0.05) is 43.2 Å². The van der Waals surface area contributed by atoms with Crippen LogP contribution in [0.5, 0.6) is 11.5 Å². The Hall–Kier alpha value is -6.31. The molecule has 4 heterocycles. The van der Waals surface area contributed by atoms with Gasteiger partial charge in [-0.3, -0.25) is 19.8 Å². The Bertz CT molecular complexity index is 2850. The van der Waals surface area contributed by atoms with Crippen LogP contribution in [0.4, 0.5) is 30.6 Å². The van der Waals surface area contributed by atoms with Gasteiger partial charge in [0.15, 0.2) is 5.82 Å². The number of halogens is 3. The number of likely N-dealkylation sites (tertiary alicyclic amines) is 1. The number of carbonyl (C=O) groups excluding carboxylic acids is 2. The second kappa shape index (κ2) is 20.7. The van der Waals surface area contributed by atoms with Crippen LogP contribution in [-0.4, -0.2) is 109 Å². The molecule has 2 aliphatic rings. The van der Waals surface area contributed by atoms with E-state index in [0.717, 1.165) is 37.0 Å². The van der Waals surface area contributed by atoms with Crippen molar-refractivity contribution in [3.8, 4) is 11.5 Å².